The van der Waals surface area contributed by atoms with Crippen molar-refractivity contribution in [2.45, 2.75) is 70.9 Å². The van der Waals surface area contributed by atoms with E-state index in [1.54, 1.807) is 11.8 Å². The quantitative estimate of drug-likeness (QED) is 0.157. The van der Waals surface area contributed by atoms with Crippen LogP contribution in [-0.2, 0) is 0 Å². The van der Waals surface area contributed by atoms with E-state index < -0.39 is 0 Å². The second-order valence-electron chi connectivity index (χ2n) is 9.29. The molecule has 48 heavy (non-hydrogen) atoms. The largest absolute Gasteiger partial charge is 0.455 e. The van der Waals surface area contributed by atoms with E-state index in [1.807, 2.05) is 150 Å². The van der Waals surface area contributed by atoms with Crippen LogP contribution in [0.2, 0.25) is 0 Å². The zero-order valence-electron chi connectivity index (χ0n) is 28.3. The topological polar surface area (TPSA) is 27.7 Å². The summed E-state index contributed by atoms with van der Waals surface area (Å²) in [6, 6.07) is 48.6. The highest BCUT2D eigenvalue weighted by molar-refractivity contribution is 8.05. The molecular weight excluding hydrogens is 649 g/mol. The van der Waals surface area contributed by atoms with Gasteiger partial charge in [-0.1, -0.05) is 150 Å². The average Bonchev–Trinajstić information content (AvgIpc) is 3.18. The molecule has 3 aliphatic rings. The lowest BCUT2D eigenvalue weighted by atomic mass is 10.2. The Bertz CT molecular complexity index is 1390. The summed E-state index contributed by atoms with van der Waals surface area (Å²) in [7, 11) is 0. The van der Waals surface area contributed by atoms with E-state index in [0.29, 0.717) is 0 Å². The molecule has 3 heterocycles. The number of hydrogen-bond acceptors (Lipinski definition) is 6. The van der Waals surface area contributed by atoms with E-state index in [2.05, 4.69) is 60.7 Å². The molecule has 0 N–H and O–H groups in total. The molecule has 0 saturated carbocycles. The lowest BCUT2D eigenvalue weighted by Gasteiger charge is -2.19. The number of para-hydroxylation sites is 6. The predicted octanol–water partition coefficient (Wildman–Crippen LogP) is 14.9. The third-order valence-corrected chi connectivity index (χ3v) is 10.1. The fraction of sp³-hybridized carbons (Fsp3) is 0.143. The van der Waals surface area contributed by atoms with Crippen LogP contribution < -0.4 is 14.2 Å². The molecule has 0 amide bonds. The van der Waals surface area contributed by atoms with Gasteiger partial charge >= 0.3 is 0 Å². The van der Waals surface area contributed by atoms with Gasteiger partial charge in [-0.3, -0.25) is 0 Å². The van der Waals surface area contributed by atoms with E-state index in [-0.39, 0.29) is 0 Å². The second kappa shape index (κ2) is 19.6. The third kappa shape index (κ3) is 9.44. The first kappa shape index (κ1) is 36.6. The van der Waals surface area contributed by atoms with Gasteiger partial charge in [0.15, 0.2) is 23.0 Å². The summed E-state index contributed by atoms with van der Waals surface area (Å²) in [5, 5.41) is 0. The van der Waals surface area contributed by atoms with Gasteiger partial charge in [0.05, 0.1) is 9.79 Å². The lowest BCUT2D eigenvalue weighted by molar-refractivity contribution is 0.359. The summed E-state index contributed by atoms with van der Waals surface area (Å²) in [5.74, 6) is 4.99. The third-order valence-electron chi connectivity index (χ3n) is 6.41. The fourth-order valence-electron chi connectivity index (χ4n) is 4.42. The number of rotatable bonds is 0. The molecular formula is C42H42O3S3. The van der Waals surface area contributed by atoms with Gasteiger partial charge in [0.25, 0.3) is 0 Å². The van der Waals surface area contributed by atoms with Crippen molar-refractivity contribution in [3.05, 3.63) is 146 Å². The Morgan fingerprint density at radius 1 is 0.250 bits per heavy atom. The minimum absolute atomic E-state index is 0.770. The van der Waals surface area contributed by atoms with Crippen molar-refractivity contribution in [3.63, 3.8) is 0 Å². The Kier molecular flexibility index (Phi) is 14.9. The summed E-state index contributed by atoms with van der Waals surface area (Å²) in [5.41, 5.74) is 0. The van der Waals surface area contributed by atoms with Gasteiger partial charge < -0.3 is 14.2 Å². The molecule has 6 heteroatoms. The van der Waals surface area contributed by atoms with Crippen molar-refractivity contribution in [3.8, 4) is 34.5 Å². The van der Waals surface area contributed by atoms with Crippen molar-refractivity contribution >= 4 is 35.3 Å². The molecule has 3 aliphatic heterocycles. The van der Waals surface area contributed by atoms with Crippen LogP contribution in [0.5, 0.6) is 34.5 Å². The van der Waals surface area contributed by atoms with Crippen LogP contribution in [0.4, 0.5) is 0 Å². The molecule has 6 aromatic carbocycles. The van der Waals surface area contributed by atoms with E-state index in [9.17, 15) is 0 Å². The van der Waals surface area contributed by atoms with Crippen LogP contribution in [0.1, 0.15) is 41.5 Å². The fourth-order valence-corrected chi connectivity index (χ4v) is 7.61. The average molecular weight is 691 g/mol. The highest BCUT2D eigenvalue weighted by atomic mass is 32.2. The molecule has 3 nitrogen and oxygen atoms in total. The summed E-state index contributed by atoms with van der Waals surface area (Å²) in [4.78, 5) is 7.86. The molecule has 0 aliphatic carbocycles. The summed E-state index contributed by atoms with van der Waals surface area (Å²) < 4.78 is 17.1. The number of fused-ring (bicyclic) bond motifs is 6. The van der Waals surface area contributed by atoms with Crippen molar-refractivity contribution in [2.24, 2.45) is 0 Å². The van der Waals surface area contributed by atoms with Gasteiger partial charge in [-0.25, -0.2) is 0 Å². The Labute approximate surface area is 299 Å². The van der Waals surface area contributed by atoms with Crippen molar-refractivity contribution in [1.29, 1.82) is 0 Å². The Balaban J connectivity index is 0.000000151. The normalized spacial score (nSPS) is 11.4. The highest BCUT2D eigenvalue weighted by Gasteiger charge is 2.18. The van der Waals surface area contributed by atoms with Gasteiger partial charge in [-0.15, -0.1) is 0 Å². The zero-order chi connectivity index (χ0) is 34.1. The maximum Gasteiger partial charge on any atom is 0.170 e. The molecule has 6 aromatic rings. The summed E-state index contributed by atoms with van der Waals surface area (Å²) in [6.45, 7) is 12.0. The molecule has 0 spiro atoms. The van der Waals surface area contributed by atoms with Gasteiger partial charge in [0.2, 0.25) is 0 Å². The van der Waals surface area contributed by atoms with Gasteiger partial charge in [-0.2, -0.15) is 0 Å². The predicted molar refractivity (Wildman–Crippen MR) is 205 cm³/mol. The summed E-state index contributed by atoms with van der Waals surface area (Å²) >= 11 is 5.48. The molecule has 0 saturated heterocycles. The van der Waals surface area contributed by atoms with E-state index in [0.717, 1.165) is 34.5 Å². The molecule has 0 fully saturated rings. The minimum atomic E-state index is 0.770. The summed E-state index contributed by atoms with van der Waals surface area (Å²) in [6.07, 6.45) is 0. The highest BCUT2D eigenvalue weighted by Crippen LogP contribution is 2.48. The van der Waals surface area contributed by atoms with Gasteiger partial charge in [0.1, 0.15) is 11.5 Å². The molecule has 9 rings (SSSR count). The maximum atomic E-state index is 5.76. The van der Waals surface area contributed by atoms with E-state index in [1.165, 1.54) is 29.4 Å². The number of hydrogen-bond donors (Lipinski definition) is 0. The smallest absolute Gasteiger partial charge is 0.170 e. The van der Waals surface area contributed by atoms with E-state index in [4.69, 9.17) is 14.2 Å². The minimum Gasteiger partial charge on any atom is -0.455 e. The zero-order valence-corrected chi connectivity index (χ0v) is 30.8. The van der Waals surface area contributed by atoms with Crippen LogP contribution in [0, 0.1) is 0 Å². The maximum absolute atomic E-state index is 5.76. The van der Waals surface area contributed by atoms with Gasteiger partial charge in [-0.05, 0) is 72.8 Å². The van der Waals surface area contributed by atoms with Crippen molar-refractivity contribution in [1.82, 2.24) is 0 Å². The molecule has 0 unspecified atom stereocenters. The Morgan fingerprint density at radius 2 is 0.438 bits per heavy atom. The lowest BCUT2D eigenvalue weighted by Crippen LogP contribution is -1.97. The molecule has 246 valence electrons. The molecule has 0 aromatic heterocycles. The van der Waals surface area contributed by atoms with Crippen LogP contribution in [-0.4, -0.2) is 0 Å². The number of ether oxygens (including phenoxy) is 3. The van der Waals surface area contributed by atoms with Crippen LogP contribution >= 0.6 is 35.3 Å². The first-order valence-corrected chi connectivity index (χ1v) is 18.9. The van der Waals surface area contributed by atoms with E-state index >= 15 is 0 Å². The van der Waals surface area contributed by atoms with Crippen molar-refractivity contribution < 1.29 is 14.2 Å². The molecule has 0 atom stereocenters. The monoisotopic (exact) mass is 690 g/mol. The molecule has 0 radical (unpaired) electrons. The Morgan fingerprint density at radius 3 is 0.729 bits per heavy atom. The number of benzene rings is 6. The van der Waals surface area contributed by atoms with Crippen LogP contribution in [0.3, 0.4) is 0 Å². The standard InChI is InChI=1S/C12H8O2.C12H8OS.C12H8S2.3C2H6/c1-2-6-10-9(5-1)13-11-7-3-4-8-12(11)14-10;1-3-7-11-9(5-1)13-10-6-2-4-8-12(10)14-11;1-2-6-10-9(5-1)13-11-7-3-4-8-12(11)14-10;3*1-2/h3*1-8H;3*1-2H3. The molecule has 0 bridgehead atoms. The van der Waals surface area contributed by atoms with Gasteiger partial charge in [0, 0.05) is 19.6 Å². The SMILES string of the molecule is CC.CC.CC.c1ccc2c(c1)Oc1ccccc1O2.c1ccc2c(c1)Oc1ccccc1S2.c1ccc2c(c1)Sc1ccccc1S2. The first-order valence-electron chi connectivity index (χ1n) is 16.4. The van der Waals surface area contributed by atoms with Crippen LogP contribution in [0.25, 0.3) is 0 Å². The first-order chi connectivity index (χ1) is 23.8. The second-order valence-corrected chi connectivity index (χ2v) is 12.5. The Hall–Kier alpha value is -4.23. The van der Waals surface area contributed by atoms with Crippen molar-refractivity contribution in [2.75, 3.05) is 0 Å². The van der Waals surface area contributed by atoms with Crippen LogP contribution in [0.15, 0.2) is 175 Å².